The van der Waals surface area contributed by atoms with E-state index >= 15 is 0 Å². The predicted octanol–water partition coefficient (Wildman–Crippen LogP) is 3.22. The fraction of sp³-hybridized carbons (Fsp3) is 0.462. The highest BCUT2D eigenvalue weighted by Gasteiger charge is 2.22. The van der Waals surface area contributed by atoms with E-state index in [0.717, 1.165) is 16.6 Å². The van der Waals surface area contributed by atoms with Crippen molar-refractivity contribution in [2.24, 2.45) is 5.92 Å². The van der Waals surface area contributed by atoms with Gasteiger partial charge in [0.15, 0.2) is 0 Å². The largest absolute Gasteiger partial charge is 0.338 e. The Morgan fingerprint density at radius 2 is 2.18 bits per heavy atom. The van der Waals surface area contributed by atoms with Gasteiger partial charge in [0, 0.05) is 11.0 Å². The summed E-state index contributed by atoms with van der Waals surface area (Å²) in [5.74, 6) is 0.708. The molecule has 0 radical (unpaired) electrons. The lowest BCUT2D eigenvalue weighted by atomic mass is 10.1. The van der Waals surface area contributed by atoms with Crippen LogP contribution in [0.2, 0.25) is 0 Å². The van der Waals surface area contributed by atoms with E-state index in [-0.39, 0.29) is 12.1 Å². The number of rotatable bonds is 4. The summed E-state index contributed by atoms with van der Waals surface area (Å²) in [4.78, 5) is 11.6. The minimum absolute atomic E-state index is 0.00442. The first-order valence-electron chi connectivity index (χ1n) is 5.95. The molecule has 0 bridgehead atoms. The summed E-state index contributed by atoms with van der Waals surface area (Å²) in [5, 5.41) is 5.84. The van der Waals surface area contributed by atoms with Gasteiger partial charge in [-0.25, -0.2) is 4.79 Å². The number of nitrogens with one attached hydrogen (secondary N) is 2. The summed E-state index contributed by atoms with van der Waals surface area (Å²) < 4.78 is 1.02. The number of amides is 2. The number of hydrogen-bond donors (Lipinski definition) is 2. The Labute approximate surface area is 110 Å². The molecule has 3 nitrogen and oxygen atoms in total. The molecule has 17 heavy (non-hydrogen) atoms. The highest BCUT2D eigenvalue weighted by Crippen LogP contribution is 2.27. The van der Waals surface area contributed by atoms with Gasteiger partial charge in [0.1, 0.15) is 0 Å². The van der Waals surface area contributed by atoms with Crippen LogP contribution in [0.15, 0.2) is 28.7 Å². The first kappa shape index (κ1) is 12.4. The average Bonchev–Trinajstić information content (AvgIpc) is 3.10. The SMILES string of the molecule is C[C@@H](NC(=O)NCC1CC1)c1ccccc1Br. The maximum Gasteiger partial charge on any atom is 0.315 e. The van der Waals surface area contributed by atoms with E-state index in [9.17, 15) is 4.79 Å². The highest BCUT2D eigenvalue weighted by atomic mass is 79.9. The number of benzene rings is 1. The summed E-state index contributed by atoms with van der Waals surface area (Å²) in [5.41, 5.74) is 1.09. The van der Waals surface area contributed by atoms with Gasteiger partial charge >= 0.3 is 6.03 Å². The van der Waals surface area contributed by atoms with Gasteiger partial charge in [-0.2, -0.15) is 0 Å². The molecule has 0 unspecified atom stereocenters. The molecule has 1 aromatic rings. The quantitative estimate of drug-likeness (QED) is 0.880. The van der Waals surface area contributed by atoms with Gasteiger partial charge in [0.05, 0.1) is 6.04 Å². The smallest absolute Gasteiger partial charge is 0.315 e. The number of hydrogen-bond acceptors (Lipinski definition) is 1. The zero-order chi connectivity index (χ0) is 12.3. The Morgan fingerprint density at radius 1 is 1.47 bits per heavy atom. The van der Waals surface area contributed by atoms with Gasteiger partial charge in [-0.05, 0) is 37.3 Å². The summed E-state index contributed by atoms with van der Waals surface area (Å²) >= 11 is 3.49. The van der Waals surface area contributed by atoms with Crippen LogP contribution in [-0.2, 0) is 0 Å². The number of carbonyl (C=O) groups excluding carboxylic acids is 1. The van der Waals surface area contributed by atoms with Crippen molar-refractivity contribution in [3.05, 3.63) is 34.3 Å². The summed E-state index contributed by atoms with van der Waals surface area (Å²) in [6.45, 7) is 2.78. The summed E-state index contributed by atoms with van der Waals surface area (Å²) in [6, 6.07) is 7.85. The van der Waals surface area contributed by atoms with Gasteiger partial charge < -0.3 is 10.6 Å². The zero-order valence-corrected chi connectivity index (χ0v) is 11.5. The van der Waals surface area contributed by atoms with Crippen molar-refractivity contribution in [3.8, 4) is 0 Å². The van der Waals surface area contributed by atoms with Crippen molar-refractivity contribution in [2.75, 3.05) is 6.54 Å². The van der Waals surface area contributed by atoms with Crippen LogP contribution >= 0.6 is 15.9 Å². The van der Waals surface area contributed by atoms with E-state index in [1.54, 1.807) is 0 Å². The Balaban J connectivity index is 1.85. The number of carbonyl (C=O) groups is 1. The van der Waals surface area contributed by atoms with Crippen LogP contribution in [0.25, 0.3) is 0 Å². The fourth-order valence-electron chi connectivity index (χ4n) is 1.71. The molecule has 0 aromatic heterocycles. The van der Waals surface area contributed by atoms with Gasteiger partial charge in [-0.15, -0.1) is 0 Å². The molecule has 1 fully saturated rings. The molecule has 1 aliphatic rings. The second-order valence-corrected chi connectivity index (χ2v) is 5.40. The molecular weight excluding hydrogens is 280 g/mol. The Bertz CT molecular complexity index is 404. The van der Waals surface area contributed by atoms with Gasteiger partial charge in [-0.3, -0.25) is 0 Å². The third kappa shape index (κ3) is 3.73. The minimum atomic E-state index is -0.0832. The van der Waals surface area contributed by atoms with E-state index in [0.29, 0.717) is 5.92 Å². The van der Waals surface area contributed by atoms with Crippen molar-refractivity contribution in [1.29, 1.82) is 0 Å². The van der Waals surface area contributed by atoms with Crippen molar-refractivity contribution in [1.82, 2.24) is 10.6 Å². The van der Waals surface area contributed by atoms with Crippen LogP contribution in [0.3, 0.4) is 0 Å². The number of urea groups is 1. The topological polar surface area (TPSA) is 41.1 Å². The lowest BCUT2D eigenvalue weighted by molar-refractivity contribution is 0.237. The second-order valence-electron chi connectivity index (χ2n) is 4.54. The molecule has 0 saturated heterocycles. The predicted molar refractivity (Wildman–Crippen MR) is 71.8 cm³/mol. The minimum Gasteiger partial charge on any atom is -0.338 e. The molecule has 0 aliphatic heterocycles. The van der Waals surface area contributed by atoms with Crippen LogP contribution < -0.4 is 10.6 Å². The van der Waals surface area contributed by atoms with E-state index < -0.39 is 0 Å². The summed E-state index contributed by atoms with van der Waals surface area (Å²) in [7, 11) is 0. The molecule has 0 heterocycles. The lowest BCUT2D eigenvalue weighted by Crippen LogP contribution is -2.38. The van der Waals surface area contributed by atoms with Crippen molar-refractivity contribution >= 4 is 22.0 Å². The molecule has 2 rings (SSSR count). The Hall–Kier alpha value is -1.03. The first-order valence-corrected chi connectivity index (χ1v) is 6.75. The molecule has 1 saturated carbocycles. The lowest BCUT2D eigenvalue weighted by Gasteiger charge is -2.16. The van der Waals surface area contributed by atoms with Crippen molar-refractivity contribution in [2.45, 2.75) is 25.8 Å². The molecule has 2 N–H and O–H groups in total. The Morgan fingerprint density at radius 3 is 2.82 bits per heavy atom. The van der Waals surface area contributed by atoms with Crippen LogP contribution in [0, 0.1) is 5.92 Å². The van der Waals surface area contributed by atoms with E-state index in [1.165, 1.54) is 12.8 Å². The average molecular weight is 297 g/mol. The maximum absolute atomic E-state index is 11.6. The summed E-state index contributed by atoms with van der Waals surface area (Å²) in [6.07, 6.45) is 2.50. The van der Waals surface area contributed by atoms with E-state index in [4.69, 9.17) is 0 Å². The van der Waals surface area contributed by atoms with Gasteiger partial charge in [0.2, 0.25) is 0 Å². The molecule has 1 aromatic carbocycles. The molecular formula is C13H17BrN2O. The molecule has 1 aliphatic carbocycles. The first-order chi connectivity index (χ1) is 8.16. The third-order valence-electron chi connectivity index (χ3n) is 2.97. The number of halogens is 1. The van der Waals surface area contributed by atoms with Crippen LogP contribution in [0.5, 0.6) is 0 Å². The monoisotopic (exact) mass is 296 g/mol. The van der Waals surface area contributed by atoms with Crippen molar-refractivity contribution < 1.29 is 4.79 Å². The fourth-order valence-corrected chi connectivity index (χ4v) is 2.34. The normalized spacial score (nSPS) is 16.4. The van der Waals surface area contributed by atoms with Crippen LogP contribution in [0.4, 0.5) is 4.79 Å². The van der Waals surface area contributed by atoms with Gasteiger partial charge in [0.25, 0.3) is 0 Å². The van der Waals surface area contributed by atoms with Crippen molar-refractivity contribution in [3.63, 3.8) is 0 Å². The molecule has 4 heteroatoms. The van der Waals surface area contributed by atoms with E-state index in [1.807, 2.05) is 31.2 Å². The second kappa shape index (κ2) is 5.54. The molecule has 92 valence electrons. The maximum atomic E-state index is 11.6. The van der Waals surface area contributed by atoms with Crippen LogP contribution in [-0.4, -0.2) is 12.6 Å². The zero-order valence-electron chi connectivity index (χ0n) is 9.87. The van der Waals surface area contributed by atoms with Crippen LogP contribution in [0.1, 0.15) is 31.4 Å². The van der Waals surface area contributed by atoms with E-state index in [2.05, 4.69) is 26.6 Å². The standard InChI is InChI=1S/C13H17BrN2O/c1-9(11-4-2-3-5-12(11)14)16-13(17)15-8-10-6-7-10/h2-5,9-10H,6-8H2,1H3,(H2,15,16,17)/t9-/m1/s1. The molecule has 0 spiro atoms. The highest BCUT2D eigenvalue weighted by molar-refractivity contribution is 9.10. The molecule has 1 atom stereocenters. The molecule has 2 amide bonds. The third-order valence-corrected chi connectivity index (χ3v) is 3.69. The Kier molecular flexibility index (Phi) is 4.05. The van der Waals surface area contributed by atoms with Gasteiger partial charge in [-0.1, -0.05) is 34.1 Å².